The van der Waals surface area contributed by atoms with Crippen molar-refractivity contribution in [2.75, 3.05) is 6.54 Å². The van der Waals surface area contributed by atoms with Crippen molar-refractivity contribution < 1.29 is 4.79 Å². The molecule has 1 atom stereocenters. The predicted octanol–water partition coefficient (Wildman–Crippen LogP) is 0.426. The first-order valence-corrected chi connectivity index (χ1v) is 3.83. The van der Waals surface area contributed by atoms with Crippen molar-refractivity contribution in [2.24, 2.45) is 5.73 Å². The highest BCUT2D eigenvalue weighted by Gasteiger charge is 2.15. The van der Waals surface area contributed by atoms with Gasteiger partial charge in [-0.25, -0.2) is 0 Å². The first-order valence-electron chi connectivity index (χ1n) is 3.83. The highest BCUT2D eigenvalue weighted by Crippen LogP contribution is 2.07. The minimum Gasteiger partial charge on any atom is -0.368 e. The van der Waals surface area contributed by atoms with Crippen molar-refractivity contribution in [1.82, 2.24) is 5.32 Å². The summed E-state index contributed by atoms with van der Waals surface area (Å²) in [7, 11) is 0. The summed E-state index contributed by atoms with van der Waals surface area (Å²) >= 11 is 0. The van der Waals surface area contributed by atoms with Crippen LogP contribution in [0.3, 0.4) is 0 Å². The molecule has 3 nitrogen and oxygen atoms in total. The molecule has 0 radical (unpaired) electrons. The van der Waals surface area contributed by atoms with Crippen LogP contribution in [0.5, 0.6) is 0 Å². The van der Waals surface area contributed by atoms with Gasteiger partial charge in [0.25, 0.3) is 0 Å². The molecule has 0 aromatic heterocycles. The van der Waals surface area contributed by atoms with Crippen LogP contribution in [-0.2, 0) is 4.79 Å². The van der Waals surface area contributed by atoms with Crippen molar-refractivity contribution in [1.29, 1.82) is 0 Å². The number of nitrogens with one attached hydrogen (secondary N) is 1. The van der Waals surface area contributed by atoms with E-state index in [0.717, 1.165) is 19.4 Å². The van der Waals surface area contributed by atoms with E-state index in [1.807, 2.05) is 0 Å². The number of hydrogen-bond donors (Lipinski definition) is 2. The van der Waals surface area contributed by atoms with E-state index in [9.17, 15) is 4.79 Å². The molecule has 66 valence electrons. The molecule has 1 fully saturated rings. The molecule has 1 aliphatic heterocycles. The Labute approximate surface area is 73.1 Å². The summed E-state index contributed by atoms with van der Waals surface area (Å²) in [4.78, 5) is 10.7. The van der Waals surface area contributed by atoms with Gasteiger partial charge in [0.05, 0.1) is 6.04 Å². The molecular formula is C7H15ClN2O. The fraction of sp³-hybridized carbons (Fsp3) is 0.857. The van der Waals surface area contributed by atoms with Crippen LogP contribution in [0.1, 0.15) is 25.7 Å². The summed E-state index contributed by atoms with van der Waals surface area (Å²) in [5.41, 5.74) is 5.14. The van der Waals surface area contributed by atoms with E-state index >= 15 is 0 Å². The molecule has 3 N–H and O–H groups in total. The van der Waals surface area contributed by atoms with Gasteiger partial charge in [-0.3, -0.25) is 4.79 Å². The van der Waals surface area contributed by atoms with Gasteiger partial charge in [0.1, 0.15) is 0 Å². The van der Waals surface area contributed by atoms with Gasteiger partial charge in [0, 0.05) is 0 Å². The average molecular weight is 179 g/mol. The minimum absolute atomic E-state index is 0. The van der Waals surface area contributed by atoms with Crippen LogP contribution >= 0.6 is 12.4 Å². The van der Waals surface area contributed by atoms with Crippen LogP contribution in [0.15, 0.2) is 0 Å². The van der Waals surface area contributed by atoms with Crippen molar-refractivity contribution in [3.05, 3.63) is 0 Å². The SMILES string of the molecule is Cl.NC(=O)C1CCCCCN1. The lowest BCUT2D eigenvalue weighted by atomic mass is 10.1. The van der Waals surface area contributed by atoms with Gasteiger partial charge >= 0.3 is 0 Å². The number of carbonyl (C=O) groups excluding carboxylic acids is 1. The molecule has 1 rings (SSSR count). The van der Waals surface area contributed by atoms with Gasteiger partial charge in [-0.05, 0) is 19.4 Å². The van der Waals surface area contributed by atoms with Crippen LogP contribution in [0.4, 0.5) is 0 Å². The zero-order chi connectivity index (χ0) is 7.40. The van der Waals surface area contributed by atoms with Gasteiger partial charge in [-0.2, -0.15) is 0 Å². The minimum atomic E-state index is -0.207. The average Bonchev–Trinajstić information content (AvgIpc) is 2.12. The summed E-state index contributed by atoms with van der Waals surface area (Å²) in [6.45, 7) is 0.938. The molecule has 0 aromatic carbocycles. The zero-order valence-corrected chi connectivity index (χ0v) is 7.32. The molecule has 0 spiro atoms. The quantitative estimate of drug-likeness (QED) is 0.612. The van der Waals surface area contributed by atoms with E-state index < -0.39 is 0 Å². The third kappa shape index (κ3) is 3.58. The molecule has 1 aliphatic rings. The van der Waals surface area contributed by atoms with E-state index in [1.54, 1.807) is 0 Å². The number of carbonyl (C=O) groups is 1. The highest BCUT2D eigenvalue weighted by molar-refractivity contribution is 5.85. The van der Waals surface area contributed by atoms with E-state index in [-0.39, 0.29) is 24.4 Å². The van der Waals surface area contributed by atoms with Gasteiger partial charge in [0.15, 0.2) is 0 Å². The number of amides is 1. The fourth-order valence-corrected chi connectivity index (χ4v) is 1.27. The largest absolute Gasteiger partial charge is 0.368 e. The number of primary amides is 1. The first kappa shape index (κ1) is 10.7. The molecule has 0 bridgehead atoms. The summed E-state index contributed by atoms with van der Waals surface area (Å²) in [6.07, 6.45) is 4.43. The third-order valence-corrected chi connectivity index (χ3v) is 1.90. The Morgan fingerprint density at radius 3 is 2.73 bits per heavy atom. The zero-order valence-electron chi connectivity index (χ0n) is 6.51. The first-order chi connectivity index (χ1) is 4.80. The van der Waals surface area contributed by atoms with Crippen molar-refractivity contribution in [3.8, 4) is 0 Å². The number of halogens is 1. The maximum Gasteiger partial charge on any atom is 0.234 e. The van der Waals surface area contributed by atoms with Crippen LogP contribution in [0, 0.1) is 0 Å². The molecule has 11 heavy (non-hydrogen) atoms. The summed E-state index contributed by atoms with van der Waals surface area (Å²) < 4.78 is 0. The molecular weight excluding hydrogens is 164 g/mol. The Hall–Kier alpha value is -0.280. The van der Waals surface area contributed by atoms with Gasteiger partial charge in [-0.1, -0.05) is 12.8 Å². The standard InChI is InChI=1S/C7H14N2O.ClH/c8-7(10)6-4-2-1-3-5-9-6;/h6,9H,1-5H2,(H2,8,10);1H. The smallest absolute Gasteiger partial charge is 0.234 e. The third-order valence-electron chi connectivity index (χ3n) is 1.90. The second-order valence-electron chi connectivity index (χ2n) is 2.76. The van der Waals surface area contributed by atoms with Gasteiger partial charge in [0.2, 0.25) is 5.91 Å². The van der Waals surface area contributed by atoms with E-state index in [4.69, 9.17) is 5.73 Å². The monoisotopic (exact) mass is 178 g/mol. The normalized spacial score (nSPS) is 24.9. The Morgan fingerprint density at radius 2 is 2.09 bits per heavy atom. The molecule has 0 saturated carbocycles. The van der Waals surface area contributed by atoms with Gasteiger partial charge in [-0.15, -0.1) is 12.4 Å². The Balaban J connectivity index is 0.000001000. The maximum atomic E-state index is 10.7. The number of rotatable bonds is 1. The lowest BCUT2D eigenvalue weighted by Crippen LogP contribution is -2.40. The lowest BCUT2D eigenvalue weighted by Gasteiger charge is -2.09. The molecule has 1 amide bonds. The van der Waals surface area contributed by atoms with E-state index in [2.05, 4.69) is 5.32 Å². The topological polar surface area (TPSA) is 55.1 Å². The molecule has 1 unspecified atom stereocenters. The number of nitrogens with two attached hydrogens (primary N) is 1. The summed E-state index contributed by atoms with van der Waals surface area (Å²) in [5.74, 6) is -0.207. The second-order valence-corrected chi connectivity index (χ2v) is 2.76. The predicted molar refractivity (Wildman–Crippen MR) is 46.7 cm³/mol. The van der Waals surface area contributed by atoms with E-state index in [1.165, 1.54) is 12.8 Å². The molecule has 0 aliphatic carbocycles. The summed E-state index contributed by atoms with van der Waals surface area (Å²) in [6, 6.07) is -0.0671. The van der Waals surface area contributed by atoms with Crippen LogP contribution in [-0.4, -0.2) is 18.5 Å². The van der Waals surface area contributed by atoms with Crippen LogP contribution in [0.2, 0.25) is 0 Å². The second kappa shape index (κ2) is 5.38. The maximum absolute atomic E-state index is 10.7. The lowest BCUT2D eigenvalue weighted by molar-refractivity contribution is -0.120. The number of hydrogen-bond acceptors (Lipinski definition) is 2. The molecule has 1 heterocycles. The highest BCUT2D eigenvalue weighted by atomic mass is 35.5. The van der Waals surface area contributed by atoms with Gasteiger partial charge < -0.3 is 11.1 Å². The Bertz CT molecular complexity index is 122. The molecule has 4 heteroatoms. The van der Waals surface area contributed by atoms with Crippen LogP contribution < -0.4 is 11.1 Å². The van der Waals surface area contributed by atoms with Crippen molar-refractivity contribution >= 4 is 18.3 Å². The summed E-state index contributed by atoms with van der Waals surface area (Å²) in [5, 5.41) is 3.11. The van der Waals surface area contributed by atoms with E-state index in [0.29, 0.717) is 0 Å². The van der Waals surface area contributed by atoms with Crippen LogP contribution in [0.25, 0.3) is 0 Å². The molecule has 0 aromatic rings. The molecule has 1 saturated heterocycles. The van der Waals surface area contributed by atoms with Crippen molar-refractivity contribution in [2.45, 2.75) is 31.7 Å². The van der Waals surface area contributed by atoms with Crippen molar-refractivity contribution in [3.63, 3.8) is 0 Å². The Morgan fingerprint density at radius 1 is 1.36 bits per heavy atom. The fourth-order valence-electron chi connectivity index (χ4n) is 1.27. The Kier molecular flexibility index (Phi) is 5.24.